The molecule has 1 heterocycles. The van der Waals surface area contributed by atoms with E-state index < -0.39 is 18.0 Å². The fraction of sp³-hybridized carbons (Fsp3) is 0.875. The van der Waals surface area contributed by atoms with Crippen molar-refractivity contribution >= 4 is 5.78 Å². The Morgan fingerprint density at radius 1 is 1.35 bits per heavy atom. The van der Waals surface area contributed by atoms with Gasteiger partial charge in [-0.15, -0.1) is 0 Å². The van der Waals surface area contributed by atoms with Gasteiger partial charge in [0.1, 0.15) is 19.6 Å². The van der Waals surface area contributed by atoms with Crippen molar-refractivity contribution in [2.45, 2.75) is 58.5 Å². The molecule has 1 saturated carbocycles. The topological polar surface area (TPSA) is 55.8 Å². The van der Waals surface area contributed by atoms with Crippen molar-refractivity contribution in [2.75, 3.05) is 6.61 Å². The van der Waals surface area contributed by atoms with Crippen LogP contribution in [0.2, 0.25) is 0 Å². The van der Waals surface area contributed by atoms with Crippen molar-refractivity contribution < 1.29 is 19.4 Å². The third-order valence-electron chi connectivity index (χ3n) is 4.85. The van der Waals surface area contributed by atoms with Crippen LogP contribution in [0, 0.1) is 30.6 Å². The summed E-state index contributed by atoms with van der Waals surface area (Å²) in [7, 11) is 0. The van der Waals surface area contributed by atoms with E-state index in [2.05, 4.69) is 34.6 Å². The first kappa shape index (κ1) is 15.8. The highest BCUT2D eigenvalue weighted by Gasteiger charge is 2.70. The Hall–Kier alpha value is -0.580. The van der Waals surface area contributed by atoms with Crippen LogP contribution in [0.1, 0.15) is 41.0 Å². The second-order valence-corrected chi connectivity index (χ2v) is 7.13. The molecule has 0 aromatic rings. The number of aliphatic hydroxyl groups excluding tert-OH is 1. The monoisotopic (exact) mass is 283 g/mol. The molecule has 0 bridgehead atoms. The SMILES string of the molecule is [CH2+]C1(C)O[C@@H]2CC(C(C)C)C(C(C)C)[C@]2(C(=O)CO)O1. The predicted octanol–water partition coefficient (Wildman–Crippen LogP) is 2.20. The molecule has 1 N–H and O–H groups in total. The molecule has 114 valence electrons. The first-order chi connectivity index (χ1) is 9.15. The largest absolute Gasteiger partial charge is 0.388 e. The summed E-state index contributed by atoms with van der Waals surface area (Å²) in [5.41, 5.74) is -1.03. The summed E-state index contributed by atoms with van der Waals surface area (Å²) >= 11 is 0. The van der Waals surface area contributed by atoms with Gasteiger partial charge in [-0.25, -0.2) is 0 Å². The summed E-state index contributed by atoms with van der Waals surface area (Å²) < 4.78 is 11.9. The molecule has 0 spiro atoms. The number of fused-ring (bicyclic) bond motifs is 1. The standard InChI is InChI=1S/C16H27O4/c1-9(2)11-7-13-16(12(18)8-17,14(11)10(3)4)20-15(5,6)19-13/h9-11,13-14,17H,5,7-8H2,1-4,6H3/q+1/t11?,13-,14?,15?,16-/m1/s1. The van der Waals surface area contributed by atoms with Gasteiger partial charge < -0.3 is 9.84 Å². The lowest BCUT2D eigenvalue weighted by Crippen LogP contribution is -2.53. The molecule has 0 amide bonds. The Balaban J connectivity index is 2.48. The average Bonchev–Trinajstić information content (AvgIpc) is 2.75. The highest BCUT2D eigenvalue weighted by Crippen LogP contribution is 2.56. The van der Waals surface area contributed by atoms with E-state index in [-0.39, 0.29) is 23.7 Å². The maximum absolute atomic E-state index is 12.5. The lowest BCUT2D eigenvalue weighted by Gasteiger charge is -2.37. The number of aliphatic hydroxyl groups is 1. The molecule has 1 saturated heterocycles. The van der Waals surface area contributed by atoms with Gasteiger partial charge in [0.05, 0.1) is 0 Å². The minimum Gasteiger partial charge on any atom is -0.388 e. The van der Waals surface area contributed by atoms with Crippen LogP contribution in [0.4, 0.5) is 0 Å². The Morgan fingerprint density at radius 2 is 1.95 bits per heavy atom. The van der Waals surface area contributed by atoms with Crippen molar-refractivity contribution in [3.63, 3.8) is 0 Å². The number of carbonyl (C=O) groups is 1. The Kier molecular flexibility index (Phi) is 3.95. The first-order valence-electron chi connectivity index (χ1n) is 7.53. The molecule has 1 aliphatic heterocycles. The van der Waals surface area contributed by atoms with Crippen LogP contribution in [0.5, 0.6) is 0 Å². The summed E-state index contributed by atoms with van der Waals surface area (Å²) in [6, 6.07) is 0. The fourth-order valence-electron chi connectivity index (χ4n) is 4.28. The Morgan fingerprint density at radius 3 is 2.40 bits per heavy atom. The van der Waals surface area contributed by atoms with Crippen molar-refractivity contribution in [1.82, 2.24) is 0 Å². The zero-order chi connectivity index (χ0) is 15.3. The van der Waals surface area contributed by atoms with Gasteiger partial charge in [0, 0.05) is 12.8 Å². The van der Waals surface area contributed by atoms with E-state index >= 15 is 0 Å². The smallest absolute Gasteiger partial charge is 0.313 e. The van der Waals surface area contributed by atoms with E-state index in [1.807, 2.05) is 0 Å². The molecule has 4 heteroatoms. The summed E-state index contributed by atoms with van der Waals surface area (Å²) in [5, 5.41) is 9.43. The van der Waals surface area contributed by atoms with Crippen LogP contribution >= 0.6 is 0 Å². The second kappa shape index (κ2) is 5.00. The van der Waals surface area contributed by atoms with Crippen molar-refractivity contribution in [3.05, 3.63) is 6.92 Å². The van der Waals surface area contributed by atoms with Gasteiger partial charge in [0.15, 0.2) is 11.4 Å². The molecule has 0 aromatic heterocycles. The van der Waals surface area contributed by atoms with Crippen LogP contribution in [0.15, 0.2) is 0 Å². The lowest BCUT2D eigenvalue weighted by molar-refractivity contribution is -0.182. The third kappa shape index (κ3) is 2.18. The number of hydrogen-bond acceptors (Lipinski definition) is 4. The molecule has 3 unspecified atom stereocenters. The molecule has 2 fully saturated rings. The molecule has 4 nitrogen and oxygen atoms in total. The van der Waals surface area contributed by atoms with E-state index in [1.54, 1.807) is 6.92 Å². The van der Waals surface area contributed by atoms with Crippen LogP contribution in [-0.4, -0.2) is 35.0 Å². The molecule has 2 aliphatic rings. The molecule has 2 rings (SSSR count). The fourth-order valence-corrected chi connectivity index (χ4v) is 4.28. The van der Waals surface area contributed by atoms with E-state index in [0.717, 1.165) is 6.42 Å². The van der Waals surface area contributed by atoms with Gasteiger partial charge in [0.25, 0.3) is 0 Å². The van der Waals surface area contributed by atoms with E-state index in [9.17, 15) is 9.90 Å². The van der Waals surface area contributed by atoms with E-state index in [1.165, 1.54) is 0 Å². The Labute approximate surface area is 121 Å². The normalized spacial score (nSPS) is 44.3. The number of rotatable bonds is 4. The van der Waals surface area contributed by atoms with Gasteiger partial charge in [-0.1, -0.05) is 27.7 Å². The van der Waals surface area contributed by atoms with Gasteiger partial charge in [-0.3, -0.25) is 9.53 Å². The van der Waals surface area contributed by atoms with Gasteiger partial charge in [-0.05, 0) is 24.2 Å². The van der Waals surface area contributed by atoms with Crippen molar-refractivity contribution in [2.24, 2.45) is 23.7 Å². The molecule has 0 aromatic carbocycles. The maximum atomic E-state index is 12.5. The summed E-state index contributed by atoms with van der Waals surface area (Å²) in [4.78, 5) is 12.5. The van der Waals surface area contributed by atoms with Gasteiger partial charge in [-0.2, -0.15) is 0 Å². The minimum absolute atomic E-state index is 0.0516. The number of hydrogen-bond donors (Lipinski definition) is 1. The molecule has 5 atom stereocenters. The summed E-state index contributed by atoms with van der Waals surface area (Å²) in [6.07, 6.45) is 0.488. The third-order valence-corrected chi connectivity index (χ3v) is 4.85. The van der Waals surface area contributed by atoms with Gasteiger partial charge in [0.2, 0.25) is 0 Å². The van der Waals surface area contributed by atoms with Crippen LogP contribution in [-0.2, 0) is 14.3 Å². The summed E-state index contributed by atoms with van der Waals surface area (Å²) in [6.45, 7) is 13.7. The average molecular weight is 283 g/mol. The molecule has 0 radical (unpaired) electrons. The van der Waals surface area contributed by atoms with Crippen molar-refractivity contribution in [3.8, 4) is 0 Å². The molecule has 1 aliphatic carbocycles. The van der Waals surface area contributed by atoms with Crippen LogP contribution < -0.4 is 0 Å². The predicted molar refractivity (Wildman–Crippen MR) is 75.8 cm³/mol. The van der Waals surface area contributed by atoms with Crippen molar-refractivity contribution in [1.29, 1.82) is 0 Å². The van der Waals surface area contributed by atoms with Crippen LogP contribution in [0.3, 0.4) is 0 Å². The number of Topliss-reactive ketones (excluding diaryl/α,β-unsaturated/α-hetero) is 1. The van der Waals surface area contributed by atoms with Crippen LogP contribution in [0.25, 0.3) is 0 Å². The summed E-state index contributed by atoms with van der Waals surface area (Å²) in [5.74, 6) is -0.149. The lowest BCUT2D eigenvalue weighted by atomic mass is 9.72. The number of ketones is 1. The van der Waals surface area contributed by atoms with Gasteiger partial charge >= 0.3 is 5.79 Å². The highest BCUT2D eigenvalue weighted by atomic mass is 16.8. The Bertz CT molecular complexity index is 388. The number of carbonyl (C=O) groups excluding carboxylic acids is 1. The molecule has 20 heavy (non-hydrogen) atoms. The second-order valence-electron chi connectivity index (χ2n) is 7.13. The number of ether oxygens (including phenoxy) is 2. The molecular formula is C16H27O4+. The first-order valence-corrected chi connectivity index (χ1v) is 7.53. The highest BCUT2D eigenvalue weighted by molar-refractivity contribution is 5.90. The zero-order valence-corrected chi connectivity index (χ0v) is 13.2. The zero-order valence-electron chi connectivity index (χ0n) is 13.2. The van der Waals surface area contributed by atoms with E-state index in [4.69, 9.17) is 9.47 Å². The quantitative estimate of drug-likeness (QED) is 0.804. The minimum atomic E-state index is -1.03. The van der Waals surface area contributed by atoms with E-state index in [0.29, 0.717) is 11.8 Å². The maximum Gasteiger partial charge on any atom is 0.313 e. The molecular weight excluding hydrogens is 256 g/mol.